The second-order valence-corrected chi connectivity index (χ2v) is 7.04. The largest absolute Gasteiger partial charge is 0.352 e. The van der Waals surface area contributed by atoms with Crippen LogP contribution in [0.1, 0.15) is 52.0 Å². The number of hydrogen-bond donors (Lipinski definition) is 3. The van der Waals surface area contributed by atoms with E-state index in [0.29, 0.717) is 13.0 Å². The first-order valence-corrected chi connectivity index (χ1v) is 9.64. The molecule has 0 bridgehead atoms. The van der Waals surface area contributed by atoms with Crippen molar-refractivity contribution in [2.75, 3.05) is 11.4 Å². The van der Waals surface area contributed by atoms with Crippen LogP contribution in [-0.4, -0.2) is 36.5 Å². The van der Waals surface area contributed by atoms with Crippen molar-refractivity contribution in [2.24, 2.45) is 0 Å². The van der Waals surface area contributed by atoms with E-state index in [4.69, 9.17) is 0 Å². The van der Waals surface area contributed by atoms with E-state index < -0.39 is 12.1 Å². The van der Waals surface area contributed by atoms with Gasteiger partial charge in [0.1, 0.15) is 6.04 Å². The summed E-state index contributed by atoms with van der Waals surface area (Å²) in [5.41, 5.74) is 1.82. The normalized spacial score (nSPS) is 16.4. The van der Waals surface area contributed by atoms with Crippen LogP contribution in [0.2, 0.25) is 0 Å². The molecule has 1 aliphatic rings. The van der Waals surface area contributed by atoms with Crippen molar-refractivity contribution >= 4 is 23.5 Å². The topological polar surface area (TPSA) is 90.5 Å². The van der Waals surface area contributed by atoms with Gasteiger partial charge in [-0.05, 0) is 50.8 Å². The number of carbonyl (C=O) groups is 3. The Morgan fingerprint density at radius 2 is 1.81 bits per heavy atom. The molecule has 1 aliphatic heterocycles. The fourth-order valence-corrected chi connectivity index (χ4v) is 2.84. The van der Waals surface area contributed by atoms with Gasteiger partial charge in [0.2, 0.25) is 11.8 Å². The molecule has 1 aromatic carbocycles. The third-order valence-electron chi connectivity index (χ3n) is 4.77. The summed E-state index contributed by atoms with van der Waals surface area (Å²) in [6, 6.07) is 6.69. The van der Waals surface area contributed by atoms with Gasteiger partial charge in [-0.15, -0.1) is 0 Å². The molecule has 0 spiro atoms. The third kappa shape index (κ3) is 6.27. The summed E-state index contributed by atoms with van der Waals surface area (Å²) in [7, 11) is 0. The second kappa shape index (κ2) is 9.94. The summed E-state index contributed by atoms with van der Waals surface area (Å²) in [4.78, 5) is 37.7. The molecule has 2 rings (SSSR count). The maximum absolute atomic E-state index is 12.0. The summed E-state index contributed by atoms with van der Waals surface area (Å²) >= 11 is 0. The van der Waals surface area contributed by atoms with Crippen LogP contribution in [0, 0.1) is 0 Å². The van der Waals surface area contributed by atoms with Crippen LogP contribution in [0.15, 0.2) is 24.3 Å². The van der Waals surface area contributed by atoms with E-state index in [-0.39, 0.29) is 17.9 Å². The quantitative estimate of drug-likeness (QED) is 0.684. The first-order chi connectivity index (χ1) is 12.9. The van der Waals surface area contributed by atoms with E-state index >= 15 is 0 Å². The van der Waals surface area contributed by atoms with E-state index in [1.54, 1.807) is 6.92 Å². The van der Waals surface area contributed by atoms with Crippen LogP contribution < -0.4 is 20.9 Å². The van der Waals surface area contributed by atoms with Crippen LogP contribution in [-0.2, 0) is 16.1 Å². The molecule has 0 radical (unpaired) electrons. The predicted molar refractivity (Wildman–Crippen MR) is 105 cm³/mol. The van der Waals surface area contributed by atoms with Gasteiger partial charge in [0.05, 0.1) is 0 Å². The Labute approximate surface area is 160 Å². The number of hydrogen-bond acceptors (Lipinski definition) is 3. The Balaban J connectivity index is 1.79. The van der Waals surface area contributed by atoms with Gasteiger partial charge in [-0.2, -0.15) is 0 Å². The molecule has 0 saturated carbocycles. The SMILES string of the molecule is CC[C@@H](C)NC(=O)[C@@H](C)NC(=O)NCc1ccc(N2CCCCC2=O)cc1. The van der Waals surface area contributed by atoms with Crippen molar-refractivity contribution in [3.8, 4) is 0 Å². The zero-order chi connectivity index (χ0) is 19.8. The number of rotatable bonds is 7. The minimum Gasteiger partial charge on any atom is -0.352 e. The molecule has 1 aromatic rings. The highest BCUT2D eigenvalue weighted by Crippen LogP contribution is 2.21. The van der Waals surface area contributed by atoms with Gasteiger partial charge in [0.15, 0.2) is 0 Å². The van der Waals surface area contributed by atoms with Gasteiger partial charge < -0.3 is 20.9 Å². The lowest BCUT2D eigenvalue weighted by atomic mass is 10.1. The molecule has 3 N–H and O–H groups in total. The van der Waals surface area contributed by atoms with Crippen molar-refractivity contribution in [1.29, 1.82) is 0 Å². The highest BCUT2D eigenvalue weighted by atomic mass is 16.2. The molecule has 27 heavy (non-hydrogen) atoms. The number of piperidine rings is 1. The highest BCUT2D eigenvalue weighted by Gasteiger charge is 2.19. The summed E-state index contributed by atoms with van der Waals surface area (Å²) in [6.07, 6.45) is 3.42. The van der Waals surface area contributed by atoms with E-state index in [1.807, 2.05) is 43.0 Å². The lowest BCUT2D eigenvalue weighted by Gasteiger charge is -2.26. The number of anilines is 1. The zero-order valence-electron chi connectivity index (χ0n) is 16.4. The van der Waals surface area contributed by atoms with Crippen molar-refractivity contribution in [3.05, 3.63) is 29.8 Å². The minimum atomic E-state index is -0.605. The molecule has 148 valence electrons. The zero-order valence-corrected chi connectivity index (χ0v) is 16.4. The molecule has 4 amide bonds. The number of amides is 4. The number of urea groups is 1. The minimum absolute atomic E-state index is 0.0788. The van der Waals surface area contributed by atoms with E-state index in [9.17, 15) is 14.4 Å². The van der Waals surface area contributed by atoms with Gasteiger partial charge in [-0.25, -0.2) is 4.79 Å². The average molecular weight is 374 g/mol. The second-order valence-electron chi connectivity index (χ2n) is 7.04. The Morgan fingerprint density at radius 1 is 1.11 bits per heavy atom. The van der Waals surface area contributed by atoms with Crippen LogP contribution in [0.5, 0.6) is 0 Å². The smallest absolute Gasteiger partial charge is 0.315 e. The first-order valence-electron chi connectivity index (χ1n) is 9.64. The predicted octanol–water partition coefficient (Wildman–Crippen LogP) is 2.31. The molecule has 2 atom stereocenters. The van der Waals surface area contributed by atoms with Crippen molar-refractivity contribution in [1.82, 2.24) is 16.0 Å². The van der Waals surface area contributed by atoms with Gasteiger partial charge >= 0.3 is 6.03 Å². The Hall–Kier alpha value is -2.57. The van der Waals surface area contributed by atoms with Crippen molar-refractivity contribution in [2.45, 2.75) is 65.1 Å². The third-order valence-corrected chi connectivity index (χ3v) is 4.77. The van der Waals surface area contributed by atoms with Crippen molar-refractivity contribution in [3.63, 3.8) is 0 Å². The number of nitrogens with zero attached hydrogens (tertiary/aromatic N) is 1. The van der Waals surface area contributed by atoms with E-state index in [2.05, 4.69) is 16.0 Å². The number of benzene rings is 1. The first kappa shape index (κ1) is 20.7. The van der Waals surface area contributed by atoms with Crippen LogP contribution >= 0.6 is 0 Å². The monoisotopic (exact) mass is 374 g/mol. The van der Waals surface area contributed by atoms with Crippen molar-refractivity contribution < 1.29 is 14.4 Å². The molecular formula is C20H30N4O3. The summed E-state index contributed by atoms with van der Waals surface area (Å²) in [5, 5.41) is 8.22. The molecule has 0 aromatic heterocycles. The molecule has 1 fully saturated rings. The summed E-state index contributed by atoms with van der Waals surface area (Å²) < 4.78 is 0. The maximum Gasteiger partial charge on any atom is 0.315 e. The fourth-order valence-electron chi connectivity index (χ4n) is 2.84. The lowest BCUT2D eigenvalue weighted by Crippen LogP contribution is -2.49. The molecule has 7 heteroatoms. The number of nitrogens with one attached hydrogen (secondary N) is 3. The molecule has 0 aliphatic carbocycles. The lowest BCUT2D eigenvalue weighted by molar-refractivity contribution is -0.123. The maximum atomic E-state index is 12.0. The highest BCUT2D eigenvalue weighted by molar-refractivity contribution is 5.94. The molecule has 1 heterocycles. The van der Waals surface area contributed by atoms with Gasteiger partial charge in [-0.3, -0.25) is 9.59 Å². The van der Waals surface area contributed by atoms with E-state index in [0.717, 1.165) is 37.1 Å². The summed E-state index contributed by atoms with van der Waals surface area (Å²) in [5.74, 6) is -0.0359. The average Bonchev–Trinajstić information content (AvgIpc) is 2.67. The summed E-state index contributed by atoms with van der Waals surface area (Å²) in [6.45, 7) is 6.67. The van der Waals surface area contributed by atoms with Crippen LogP contribution in [0.4, 0.5) is 10.5 Å². The van der Waals surface area contributed by atoms with Crippen LogP contribution in [0.25, 0.3) is 0 Å². The Kier molecular flexibility index (Phi) is 7.64. The van der Waals surface area contributed by atoms with E-state index in [1.165, 1.54) is 0 Å². The molecular weight excluding hydrogens is 344 g/mol. The standard InChI is InChI=1S/C20H30N4O3/c1-4-14(2)22-19(26)15(3)23-20(27)21-13-16-8-10-17(11-9-16)24-12-6-5-7-18(24)25/h8-11,14-15H,4-7,12-13H2,1-3H3,(H,22,26)(H2,21,23,27)/t14-,15-/m1/s1. The Morgan fingerprint density at radius 3 is 2.44 bits per heavy atom. The molecule has 1 saturated heterocycles. The molecule has 0 unspecified atom stereocenters. The molecule has 7 nitrogen and oxygen atoms in total. The number of carbonyl (C=O) groups excluding carboxylic acids is 3. The fraction of sp³-hybridized carbons (Fsp3) is 0.550. The van der Waals surface area contributed by atoms with Gasteiger partial charge in [0.25, 0.3) is 0 Å². The van der Waals surface area contributed by atoms with Gasteiger partial charge in [0, 0.05) is 31.2 Å². The van der Waals surface area contributed by atoms with Gasteiger partial charge in [-0.1, -0.05) is 19.1 Å². The van der Waals surface area contributed by atoms with Crippen LogP contribution in [0.3, 0.4) is 0 Å². The Bertz CT molecular complexity index is 660.